The lowest BCUT2D eigenvalue weighted by Gasteiger charge is -2.40. The lowest BCUT2D eigenvalue weighted by atomic mass is 9.83. The van der Waals surface area contributed by atoms with Crippen LogP contribution in [0.25, 0.3) is 0 Å². The minimum atomic E-state index is -1.03. The van der Waals surface area contributed by atoms with Gasteiger partial charge in [0.1, 0.15) is 12.6 Å². The fourth-order valence-electron chi connectivity index (χ4n) is 4.09. The Labute approximate surface area is 139 Å². The number of pyridine rings is 1. The van der Waals surface area contributed by atoms with E-state index in [2.05, 4.69) is 12.6 Å². The number of nitrogens with one attached hydrogen (secondary N) is 1. The number of quaternary nitrogens is 1. The molecule has 126 valence electrons. The molecule has 0 saturated carbocycles. The summed E-state index contributed by atoms with van der Waals surface area (Å²) in [6, 6.07) is 5.53. The molecule has 0 radical (unpaired) electrons. The van der Waals surface area contributed by atoms with E-state index in [4.69, 9.17) is 0 Å². The van der Waals surface area contributed by atoms with Crippen LogP contribution in [0.15, 0.2) is 35.6 Å². The van der Waals surface area contributed by atoms with E-state index >= 15 is 0 Å². The van der Waals surface area contributed by atoms with Gasteiger partial charge in [-0.25, -0.2) is 0 Å². The monoisotopic (exact) mass is 337 g/mol. The highest BCUT2D eigenvalue weighted by atomic mass is 32.2. The number of aliphatic hydroxyl groups is 1. The minimum Gasteiger partial charge on any atom is -0.386 e. The lowest BCUT2D eigenvalue weighted by molar-refractivity contribution is -0.913. The van der Waals surface area contributed by atoms with Gasteiger partial charge in [0.25, 0.3) is 5.56 Å². The smallest absolute Gasteiger partial charge is 0.250 e. The number of hydrogen-bond acceptors (Lipinski definition) is 3. The van der Waals surface area contributed by atoms with E-state index in [0.29, 0.717) is 29.9 Å². The van der Waals surface area contributed by atoms with Gasteiger partial charge in [0.2, 0.25) is 0 Å². The summed E-state index contributed by atoms with van der Waals surface area (Å²) in [5, 5.41) is 10.2. The molecule has 1 aromatic rings. The number of aliphatic hydroxyl groups excluding tert-OH is 1. The molecule has 2 bridgehead atoms. The highest BCUT2D eigenvalue weighted by Gasteiger charge is 2.37. The summed E-state index contributed by atoms with van der Waals surface area (Å²) in [4.78, 5) is 13.4. The zero-order valence-electron chi connectivity index (χ0n) is 13.3. The number of piperidine rings is 1. The summed E-state index contributed by atoms with van der Waals surface area (Å²) in [5.74, 6) is 1.63. The van der Waals surface area contributed by atoms with E-state index < -0.39 is 16.9 Å². The van der Waals surface area contributed by atoms with Crippen molar-refractivity contribution in [3.63, 3.8) is 0 Å². The van der Waals surface area contributed by atoms with Crippen LogP contribution >= 0.6 is 0 Å². The second-order valence-electron chi connectivity index (χ2n) is 6.78. The van der Waals surface area contributed by atoms with Gasteiger partial charge < -0.3 is 14.6 Å². The molecule has 3 rings (SSSR count). The van der Waals surface area contributed by atoms with Crippen LogP contribution < -0.4 is 10.5 Å². The van der Waals surface area contributed by atoms with Gasteiger partial charge in [0, 0.05) is 46.7 Å². The molecule has 2 aliphatic rings. The fraction of sp³-hybridized carbons (Fsp3) is 0.588. The fourth-order valence-corrected chi connectivity index (χ4v) is 5.04. The second-order valence-corrected chi connectivity index (χ2v) is 8.32. The van der Waals surface area contributed by atoms with Gasteiger partial charge in [-0.05, 0) is 12.5 Å². The Hall–Kier alpha value is -1.24. The Morgan fingerprint density at radius 1 is 1.48 bits per heavy atom. The number of nitrogens with zero attached hydrogens (tertiary/aromatic N) is 1. The van der Waals surface area contributed by atoms with Gasteiger partial charge >= 0.3 is 0 Å². The molecule has 0 aliphatic carbocycles. The number of fused-ring (bicyclic) bond motifs is 4. The van der Waals surface area contributed by atoms with Crippen molar-refractivity contribution in [2.75, 3.05) is 31.1 Å². The number of aromatic nitrogens is 1. The van der Waals surface area contributed by atoms with Crippen LogP contribution in [0.5, 0.6) is 0 Å². The molecule has 5 nitrogen and oxygen atoms in total. The molecule has 1 unspecified atom stereocenters. The van der Waals surface area contributed by atoms with Gasteiger partial charge in [-0.1, -0.05) is 12.1 Å². The summed E-state index contributed by atoms with van der Waals surface area (Å²) in [7, 11) is -1.03. The maximum atomic E-state index is 12.0. The Morgan fingerprint density at radius 3 is 3.09 bits per heavy atom. The Kier molecular flexibility index (Phi) is 5.14. The molecule has 2 aliphatic heterocycles. The van der Waals surface area contributed by atoms with Crippen molar-refractivity contribution in [3.8, 4) is 0 Å². The predicted molar refractivity (Wildman–Crippen MR) is 91.2 cm³/mol. The topological polar surface area (TPSA) is 63.7 Å². The van der Waals surface area contributed by atoms with E-state index in [-0.39, 0.29) is 5.56 Å². The molecule has 1 aromatic heterocycles. The molecule has 1 saturated heterocycles. The Bertz CT molecular complexity index is 657. The molecule has 0 spiro atoms. The highest BCUT2D eigenvalue weighted by molar-refractivity contribution is 7.85. The highest BCUT2D eigenvalue weighted by Crippen LogP contribution is 2.29. The molecule has 0 aromatic carbocycles. The summed E-state index contributed by atoms with van der Waals surface area (Å²) < 4.78 is 13.6. The molecule has 2 N–H and O–H groups in total. The molecule has 0 amide bonds. The number of likely N-dealkylation sites (tertiary alicyclic amines) is 1. The van der Waals surface area contributed by atoms with Crippen LogP contribution in [0.4, 0.5) is 0 Å². The van der Waals surface area contributed by atoms with Crippen LogP contribution in [0.1, 0.15) is 18.0 Å². The second kappa shape index (κ2) is 7.11. The van der Waals surface area contributed by atoms with Crippen molar-refractivity contribution in [2.45, 2.75) is 25.0 Å². The largest absolute Gasteiger partial charge is 0.386 e. The van der Waals surface area contributed by atoms with Crippen LogP contribution in [0, 0.1) is 5.92 Å². The van der Waals surface area contributed by atoms with Gasteiger partial charge in [-0.3, -0.25) is 9.00 Å². The predicted octanol–water partition coefficient (Wildman–Crippen LogP) is -0.854. The average molecular weight is 337 g/mol. The van der Waals surface area contributed by atoms with Crippen molar-refractivity contribution in [2.24, 2.45) is 5.92 Å². The minimum absolute atomic E-state index is 0.0977. The summed E-state index contributed by atoms with van der Waals surface area (Å²) in [5.41, 5.74) is 1.23. The molecule has 23 heavy (non-hydrogen) atoms. The van der Waals surface area contributed by atoms with E-state index in [9.17, 15) is 14.1 Å². The van der Waals surface area contributed by atoms with Gasteiger partial charge in [0.05, 0.1) is 18.8 Å². The molecule has 1 fully saturated rings. The lowest BCUT2D eigenvalue weighted by Crippen LogP contribution is -3.15. The summed E-state index contributed by atoms with van der Waals surface area (Å²) in [6.45, 7) is 6.91. The molecule has 3 heterocycles. The van der Waals surface area contributed by atoms with Crippen molar-refractivity contribution < 1.29 is 14.2 Å². The van der Waals surface area contributed by atoms with E-state index in [1.807, 2.05) is 10.6 Å². The van der Waals surface area contributed by atoms with Crippen molar-refractivity contribution >= 4 is 10.8 Å². The van der Waals surface area contributed by atoms with Crippen LogP contribution in [-0.4, -0.2) is 51.1 Å². The summed E-state index contributed by atoms with van der Waals surface area (Å²) in [6.07, 6.45) is 2.23. The normalized spacial score (nSPS) is 28.7. The number of rotatable bonds is 6. The first-order valence-corrected chi connectivity index (χ1v) is 9.73. The zero-order valence-corrected chi connectivity index (χ0v) is 14.1. The van der Waals surface area contributed by atoms with Crippen molar-refractivity contribution in [3.05, 3.63) is 46.9 Å². The SMILES string of the molecule is C=CC[S@@](=O)C[C@H](O)C[NH+]1C[C@H]2C[C@@H](C1)c1cccc(=O)n1C2. The third kappa shape index (κ3) is 3.82. The molecule has 5 atom stereocenters. The quantitative estimate of drug-likeness (QED) is 0.665. The first-order valence-electron chi connectivity index (χ1n) is 8.24. The first-order chi connectivity index (χ1) is 11.1. The summed E-state index contributed by atoms with van der Waals surface area (Å²) >= 11 is 0. The van der Waals surface area contributed by atoms with E-state index in [0.717, 1.165) is 31.7 Å². The maximum absolute atomic E-state index is 12.0. The van der Waals surface area contributed by atoms with Crippen molar-refractivity contribution in [1.29, 1.82) is 0 Å². The van der Waals surface area contributed by atoms with Gasteiger partial charge in [0.15, 0.2) is 0 Å². The van der Waals surface area contributed by atoms with Crippen LogP contribution in [0.2, 0.25) is 0 Å². The van der Waals surface area contributed by atoms with Crippen molar-refractivity contribution in [1.82, 2.24) is 4.57 Å². The maximum Gasteiger partial charge on any atom is 0.250 e. The van der Waals surface area contributed by atoms with Gasteiger partial charge in [-0.15, -0.1) is 6.58 Å². The third-order valence-corrected chi connectivity index (χ3v) is 6.24. The standard InChI is InChI=1S/C17H24N2O3S/c1-2-6-23(22)12-15(20)11-18-8-13-7-14(10-18)16-4-3-5-17(21)19(16)9-13/h2-5,13-15,20H,1,6-12H2/p+1/t13-,14+,15-,23-/m1/s1. The molecule has 6 heteroatoms. The van der Waals surface area contributed by atoms with E-state index in [1.165, 1.54) is 4.90 Å². The first kappa shape index (κ1) is 16.6. The third-order valence-electron chi connectivity index (χ3n) is 4.88. The molecular formula is C17H25N2O3S+. The van der Waals surface area contributed by atoms with Crippen LogP contribution in [-0.2, 0) is 17.3 Å². The Balaban J connectivity index is 1.65. The number of hydrogen-bond donors (Lipinski definition) is 2. The zero-order chi connectivity index (χ0) is 16.4. The van der Waals surface area contributed by atoms with E-state index in [1.54, 1.807) is 12.1 Å². The van der Waals surface area contributed by atoms with Gasteiger partial charge in [-0.2, -0.15) is 0 Å². The average Bonchev–Trinajstić information content (AvgIpc) is 2.48. The molecular weight excluding hydrogens is 312 g/mol. The Morgan fingerprint density at radius 2 is 2.30 bits per heavy atom. The van der Waals surface area contributed by atoms with Crippen LogP contribution in [0.3, 0.4) is 0 Å².